The lowest BCUT2D eigenvalue weighted by Gasteiger charge is -2.08. The van der Waals surface area contributed by atoms with Crippen molar-refractivity contribution in [2.24, 2.45) is 0 Å². The highest BCUT2D eigenvalue weighted by Gasteiger charge is 2.09. The van der Waals surface area contributed by atoms with E-state index in [9.17, 15) is 4.79 Å². The zero-order valence-electron chi connectivity index (χ0n) is 17.2. The van der Waals surface area contributed by atoms with E-state index >= 15 is 0 Å². The van der Waals surface area contributed by atoms with Gasteiger partial charge in [-0.3, -0.25) is 9.48 Å². The van der Waals surface area contributed by atoms with Crippen LogP contribution < -0.4 is 14.8 Å². The summed E-state index contributed by atoms with van der Waals surface area (Å²) in [5.41, 5.74) is 2.68. The van der Waals surface area contributed by atoms with Crippen LogP contribution in [0.5, 0.6) is 11.5 Å². The fourth-order valence-electron chi connectivity index (χ4n) is 3.07. The number of hydrogen-bond donors (Lipinski definition) is 1. The molecule has 0 radical (unpaired) electrons. The van der Waals surface area contributed by atoms with E-state index in [0.29, 0.717) is 24.5 Å². The van der Waals surface area contributed by atoms with Crippen LogP contribution in [0.25, 0.3) is 0 Å². The number of aromatic nitrogens is 2. The molecule has 0 unspecified atom stereocenters. The molecule has 1 amide bonds. The molecule has 6 nitrogen and oxygen atoms in total. The number of anilines is 1. The van der Waals surface area contributed by atoms with Gasteiger partial charge in [-0.15, -0.1) is 0 Å². The number of benzene rings is 3. The Morgan fingerprint density at radius 3 is 2.29 bits per heavy atom. The molecule has 0 aliphatic carbocycles. The van der Waals surface area contributed by atoms with Crippen LogP contribution in [0, 0.1) is 0 Å². The quantitative estimate of drug-likeness (QED) is 0.452. The topological polar surface area (TPSA) is 65.4 Å². The van der Waals surface area contributed by atoms with Gasteiger partial charge in [-0.05, 0) is 47.5 Å². The lowest BCUT2D eigenvalue weighted by atomic mass is 10.1. The van der Waals surface area contributed by atoms with Crippen molar-refractivity contribution in [1.29, 1.82) is 0 Å². The third kappa shape index (κ3) is 5.51. The Bertz CT molecular complexity index is 1120. The highest BCUT2D eigenvalue weighted by molar-refractivity contribution is 6.03. The molecular formula is C25H23N3O3. The van der Waals surface area contributed by atoms with Gasteiger partial charge in [-0.25, -0.2) is 0 Å². The number of amides is 1. The van der Waals surface area contributed by atoms with Crippen molar-refractivity contribution in [2.75, 3.05) is 12.4 Å². The van der Waals surface area contributed by atoms with Gasteiger partial charge in [0, 0.05) is 17.8 Å². The summed E-state index contributed by atoms with van der Waals surface area (Å²) in [6, 6.07) is 26.6. The molecule has 0 spiro atoms. The van der Waals surface area contributed by atoms with Crippen LogP contribution in [0.15, 0.2) is 91.1 Å². The first-order chi connectivity index (χ1) is 15.2. The molecule has 0 saturated carbocycles. The third-order valence-electron chi connectivity index (χ3n) is 4.75. The van der Waals surface area contributed by atoms with Crippen LogP contribution in [0.3, 0.4) is 0 Å². The van der Waals surface area contributed by atoms with E-state index in [1.807, 2.05) is 72.9 Å². The van der Waals surface area contributed by atoms with Gasteiger partial charge in [0.1, 0.15) is 18.1 Å². The summed E-state index contributed by atoms with van der Waals surface area (Å²) in [4.78, 5) is 12.5. The monoisotopic (exact) mass is 413 g/mol. The van der Waals surface area contributed by atoms with Crippen molar-refractivity contribution in [2.45, 2.75) is 13.2 Å². The third-order valence-corrected chi connectivity index (χ3v) is 4.75. The van der Waals surface area contributed by atoms with Crippen molar-refractivity contribution in [3.8, 4) is 11.5 Å². The zero-order valence-corrected chi connectivity index (χ0v) is 17.2. The first kappa shape index (κ1) is 20.2. The number of nitrogens with one attached hydrogen (secondary N) is 1. The fourth-order valence-corrected chi connectivity index (χ4v) is 3.07. The Kier molecular flexibility index (Phi) is 6.28. The van der Waals surface area contributed by atoms with Crippen molar-refractivity contribution >= 4 is 11.7 Å². The van der Waals surface area contributed by atoms with E-state index in [2.05, 4.69) is 10.4 Å². The number of carbonyl (C=O) groups is 1. The number of hydrogen-bond acceptors (Lipinski definition) is 4. The summed E-state index contributed by atoms with van der Waals surface area (Å²) in [5.74, 6) is 1.86. The molecule has 0 aliphatic heterocycles. The molecule has 0 aliphatic rings. The highest BCUT2D eigenvalue weighted by Crippen LogP contribution is 2.18. The summed E-state index contributed by atoms with van der Waals surface area (Å²) >= 11 is 0. The number of carbonyl (C=O) groups excluding carboxylic acids is 1. The van der Waals surface area contributed by atoms with Crippen LogP contribution in [-0.2, 0) is 13.2 Å². The Balaban J connectivity index is 1.31. The van der Waals surface area contributed by atoms with Gasteiger partial charge in [-0.1, -0.05) is 42.5 Å². The van der Waals surface area contributed by atoms with Gasteiger partial charge >= 0.3 is 0 Å². The summed E-state index contributed by atoms with van der Waals surface area (Å²) < 4.78 is 12.7. The van der Waals surface area contributed by atoms with Gasteiger partial charge in [-0.2, -0.15) is 5.10 Å². The number of methoxy groups -OCH3 is 1. The Morgan fingerprint density at radius 1 is 0.871 bits per heavy atom. The molecule has 31 heavy (non-hydrogen) atoms. The minimum absolute atomic E-state index is 0.201. The Morgan fingerprint density at radius 2 is 1.58 bits per heavy atom. The summed E-state index contributed by atoms with van der Waals surface area (Å²) in [7, 11) is 1.63. The van der Waals surface area contributed by atoms with Gasteiger partial charge in [0.25, 0.3) is 5.91 Å². The van der Waals surface area contributed by atoms with Crippen LogP contribution in [0.4, 0.5) is 5.82 Å². The molecule has 3 aromatic carbocycles. The SMILES string of the molecule is COc1ccc(OCc2ccc(C(=O)Nc3ccn(Cc4ccccc4)n3)cc2)cc1. The maximum Gasteiger partial charge on any atom is 0.256 e. The lowest BCUT2D eigenvalue weighted by molar-refractivity contribution is 0.102. The van der Waals surface area contributed by atoms with E-state index in [-0.39, 0.29) is 5.91 Å². The van der Waals surface area contributed by atoms with Crippen LogP contribution in [0.1, 0.15) is 21.5 Å². The molecule has 4 rings (SSSR count). The zero-order chi connectivity index (χ0) is 21.5. The molecule has 0 fully saturated rings. The van der Waals surface area contributed by atoms with Gasteiger partial charge < -0.3 is 14.8 Å². The van der Waals surface area contributed by atoms with Gasteiger partial charge in [0.2, 0.25) is 0 Å². The lowest BCUT2D eigenvalue weighted by Crippen LogP contribution is -2.13. The average Bonchev–Trinajstić information content (AvgIpc) is 3.25. The van der Waals surface area contributed by atoms with Crippen LogP contribution in [-0.4, -0.2) is 22.8 Å². The first-order valence-corrected chi connectivity index (χ1v) is 9.94. The van der Waals surface area contributed by atoms with E-state index in [1.54, 1.807) is 30.0 Å². The molecule has 156 valence electrons. The predicted octanol–water partition coefficient (Wildman–Crippen LogP) is 4.77. The average molecular weight is 413 g/mol. The second-order valence-electron chi connectivity index (χ2n) is 7.00. The number of ether oxygens (including phenoxy) is 2. The highest BCUT2D eigenvalue weighted by atomic mass is 16.5. The molecule has 0 saturated heterocycles. The molecule has 1 heterocycles. The molecule has 1 aromatic heterocycles. The second-order valence-corrected chi connectivity index (χ2v) is 7.00. The maximum atomic E-state index is 12.5. The Hall–Kier alpha value is -4.06. The van der Waals surface area contributed by atoms with E-state index in [1.165, 1.54) is 0 Å². The van der Waals surface area contributed by atoms with Crippen molar-refractivity contribution in [3.63, 3.8) is 0 Å². The van der Waals surface area contributed by atoms with Crippen molar-refractivity contribution in [1.82, 2.24) is 9.78 Å². The minimum atomic E-state index is -0.201. The fraction of sp³-hybridized carbons (Fsp3) is 0.120. The smallest absolute Gasteiger partial charge is 0.256 e. The summed E-state index contributed by atoms with van der Waals surface area (Å²) in [5, 5.41) is 7.26. The summed E-state index contributed by atoms with van der Waals surface area (Å²) in [6.07, 6.45) is 1.85. The molecule has 0 atom stereocenters. The minimum Gasteiger partial charge on any atom is -0.497 e. The van der Waals surface area contributed by atoms with Crippen molar-refractivity contribution in [3.05, 3.63) is 108 Å². The largest absolute Gasteiger partial charge is 0.497 e. The van der Waals surface area contributed by atoms with Crippen LogP contribution in [0.2, 0.25) is 0 Å². The van der Waals surface area contributed by atoms with E-state index < -0.39 is 0 Å². The van der Waals surface area contributed by atoms with Gasteiger partial charge in [0.15, 0.2) is 5.82 Å². The summed E-state index contributed by atoms with van der Waals surface area (Å²) in [6.45, 7) is 1.07. The molecule has 6 heteroatoms. The maximum absolute atomic E-state index is 12.5. The number of rotatable bonds is 8. The van der Waals surface area contributed by atoms with Gasteiger partial charge in [0.05, 0.1) is 13.7 Å². The molecule has 4 aromatic rings. The second kappa shape index (κ2) is 9.63. The first-order valence-electron chi connectivity index (χ1n) is 9.94. The predicted molar refractivity (Wildman–Crippen MR) is 119 cm³/mol. The van der Waals surface area contributed by atoms with Crippen molar-refractivity contribution < 1.29 is 14.3 Å². The standard InChI is InChI=1S/C25H23N3O3/c1-30-22-11-13-23(14-12-22)31-18-20-7-9-21(10-8-20)25(29)26-24-15-16-28(27-24)17-19-5-3-2-4-6-19/h2-16H,17-18H2,1H3,(H,26,27,29). The van der Waals surface area contributed by atoms with Crippen LogP contribution >= 0.6 is 0 Å². The van der Waals surface area contributed by atoms with E-state index in [4.69, 9.17) is 9.47 Å². The normalized spacial score (nSPS) is 10.5. The number of nitrogens with zero attached hydrogens (tertiary/aromatic N) is 2. The Labute approximate surface area is 181 Å². The van der Waals surface area contributed by atoms with E-state index in [0.717, 1.165) is 22.6 Å². The molecular weight excluding hydrogens is 390 g/mol. The molecule has 1 N–H and O–H groups in total. The molecule has 0 bridgehead atoms.